The lowest BCUT2D eigenvalue weighted by atomic mass is 9.80. The van der Waals surface area contributed by atoms with Gasteiger partial charge in [0.2, 0.25) is 0 Å². The van der Waals surface area contributed by atoms with E-state index in [9.17, 15) is 0 Å². The molecule has 24 heavy (non-hydrogen) atoms. The van der Waals surface area contributed by atoms with E-state index in [1.165, 1.54) is 22.3 Å². The molecule has 116 valence electrons. The van der Waals surface area contributed by atoms with Crippen molar-refractivity contribution in [1.82, 2.24) is 0 Å². The van der Waals surface area contributed by atoms with Gasteiger partial charge in [-0.05, 0) is 49.1 Å². The summed E-state index contributed by atoms with van der Waals surface area (Å²) in [5.41, 5.74) is 6.47. The van der Waals surface area contributed by atoms with Crippen LogP contribution in [0.1, 0.15) is 41.0 Å². The van der Waals surface area contributed by atoms with Crippen LogP contribution in [0.5, 0.6) is 0 Å². The number of nitriles is 2. The fourth-order valence-corrected chi connectivity index (χ4v) is 3.12. The second-order valence-electron chi connectivity index (χ2n) is 6.12. The maximum Gasteiger partial charge on any atom is 0.0991 e. The summed E-state index contributed by atoms with van der Waals surface area (Å²) in [5.74, 6) is 0.162. The zero-order valence-corrected chi connectivity index (χ0v) is 13.7. The summed E-state index contributed by atoms with van der Waals surface area (Å²) in [6.07, 6.45) is 5.70. The van der Waals surface area contributed by atoms with Gasteiger partial charge in [-0.1, -0.05) is 53.6 Å². The SMILES string of the molecule is Cc1ccc(C(C2=CC=C(C#N)CC2)c2ccc(C#N)cc2)cc1. The van der Waals surface area contributed by atoms with E-state index in [1.807, 2.05) is 30.3 Å². The van der Waals surface area contributed by atoms with Crippen molar-refractivity contribution in [1.29, 1.82) is 10.5 Å². The van der Waals surface area contributed by atoms with Crippen molar-refractivity contribution in [3.63, 3.8) is 0 Å². The van der Waals surface area contributed by atoms with Gasteiger partial charge in [0.25, 0.3) is 0 Å². The van der Waals surface area contributed by atoms with Gasteiger partial charge in [-0.15, -0.1) is 0 Å². The van der Waals surface area contributed by atoms with Gasteiger partial charge in [0.15, 0.2) is 0 Å². The predicted octanol–water partition coefficient (Wildman–Crippen LogP) is 5.17. The average Bonchev–Trinajstić information content (AvgIpc) is 2.64. The van der Waals surface area contributed by atoms with E-state index in [4.69, 9.17) is 10.5 Å². The highest BCUT2D eigenvalue weighted by Gasteiger charge is 2.20. The van der Waals surface area contributed by atoms with Gasteiger partial charge in [0.1, 0.15) is 0 Å². The normalized spacial score (nSPS) is 14.8. The second-order valence-corrected chi connectivity index (χ2v) is 6.12. The topological polar surface area (TPSA) is 47.6 Å². The molecular weight excluding hydrogens is 292 g/mol. The Bertz CT molecular complexity index is 870. The summed E-state index contributed by atoms with van der Waals surface area (Å²) in [4.78, 5) is 0. The van der Waals surface area contributed by atoms with Crippen LogP contribution in [-0.4, -0.2) is 0 Å². The minimum atomic E-state index is 0.162. The molecule has 0 fully saturated rings. The van der Waals surface area contributed by atoms with Crippen LogP contribution < -0.4 is 0 Å². The molecule has 0 aliphatic heterocycles. The fourth-order valence-electron chi connectivity index (χ4n) is 3.12. The first-order valence-corrected chi connectivity index (χ1v) is 8.07. The van der Waals surface area contributed by atoms with Crippen molar-refractivity contribution in [2.45, 2.75) is 25.7 Å². The van der Waals surface area contributed by atoms with E-state index in [1.54, 1.807) is 0 Å². The van der Waals surface area contributed by atoms with Crippen LogP contribution in [0.2, 0.25) is 0 Å². The summed E-state index contributed by atoms with van der Waals surface area (Å²) in [6.45, 7) is 2.09. The van der Waals surface area contributed by atoms with Crippen molar-refractivity contribution in [3.8, 4) is 12.1 Å². The van der Waals surface area contributed by atoms with Crippen LogP contribution >= 0.6 is 0 Å². The highest BCUT2D eigenvalue weighted by atomic mass is 14.3. The minimum absolute atomic E-state index is 0.162. The van der Waals surface area contributed by atoms with Crippen LogP contribution in [0.15, 0.2) is 71.8 Å². The molecule has 1 unspecified atom stereocenters. The summed E-state index contributed by atoms with van der Waals surface area (Å²) in [7, 11) is 0. The lowest BCUT2D eigenvalue weighted by Gasteiger charge is -2.24. The number of hydrogen-bond acceptors (Lipinski definition) is 2. The van der Waals surface area contributed by atoms with Crippen LogP contribution in [0.25, 0.3) is 0 Å². The van der Waals surface area contributed by atoms with E-state index in [0.717, 1.165) is 18.4 Å². The first kappa shape index (κ1) is 15.8. The van der Waals surface area contributed by atoms with Gasteiger partial charge in [-0.3, -0.25) is 0 Å². The van der Waals surface area contributed by atoms with Gasteiger partial charge >= 0.3 is 0 Å². The molecule has 3 rings (SSSR count). The molecule has 0 heterocycles. The van der Waals surface area contributed by atoms with Crippen LogP contribution in [0, 0.1) is 29.6 Å². The molecule has 1 atom stereocenters. The molecule has 0 amide bonds. The fraction of sp³-hybridized carbons (Fsp3) is 0.182. The Morgan fingerprint density at radius 2 is 1.42 bits per heavy atom. The smallest absolute Gasteiger partial charge is 0.0991 e. The molecule has 0 aromatic heterocycles. The van der Waals surface area contributed by atoms with Gasteiger partial charge in [-0.2, -0.15) is 10.5 Å². The zero-order chi connectivity index (χ0) is 16.9. The summed E-state index contributed by atoms with van der Waals surface area (Å²) in [5, 5.41) is 18.1. The van der Waals surface area contributed by atoms with Gasteiger partial charge in [0.05, 0.1) is 17.7 Å². The molecule has 2 heteroatoms. The molecule has 2 nitrogen and oxygen atoms in total. The summed E-state index contributed by atoms with van der Waals surface area (Å²) < 4.78 is 0. The highest BCUT2D eigenvalue weighted by Crippen LogP contribution is 2.37. The number of nitrogens with zero attached hydrogens (tertiary/aromatic N) is 2. The Labute approximate surface area is 143 Å². The Morgan fingerprint density at radius 3 is 1.92 bits per heavy atom. The molecule has 0 spiro atoms. The average molecular weight is 310 g/mol. The van der Waals surface area contributed by atoms with Gasteiger partial charge in [-0.25, -0.2) is 0 Å². The van der Waals surface area contributed by atoms with Crippen molar-refractivity contribution in [2.75, 3.05) is 0 Å². The standard InChI is InChI=1S/C22H18N2/c1-16-2-8-19(9-3-16)22(20-10-4-17(14-23)5-11-20)21-12-6-18(15-24)7-13-21/h2-6,8-12,22H,7,13H2,1H3. The highest BCUT2D eigenvalue weighted by molar-refractivity contribution is 5.47. The van der Waals surface area contributed by atoms with Crippen molar-refractivity contribution >= 4 is 0 Å². The molecule has 2 aromatic carbocycles. The minimum Gasteiger partial charge on any atom is -0.193 e. The van der Waals surface area contributed by atoms with E-state index in [2.05, 4.69) is 49.4 Å². The van der Waals surface area contributed by atoms with Crippen LogP contribution in [0.3, 0.4) is 0 Å². The van der Waals surface area contributed by atoms with Crippen molar-refractivity contribution in [2.24, 2.45) is 0 Å². The number of hydrogen-bond donors (Lipinski definition) is 0. The maximum atomic E-state index is 9.06. The third-order valence-electron chi connectivity index (χ3n) is 4.48. The lowest BCUT2D eigenvalue weighted by molar-refractivity contribution is 0.818. The Morgan fingerprint density at radius 1 is 0.792 bits per heavy atom. The van der Waals surface area contributed by atoms with Crippen LogP contribution in [-0.2, 0) is 0 Å². The number of rotatable bonds is 3. The Hall–Kier alpha value is -3.10. The molecule has 0 radical (unpaired) electrons. The van der Waals surface area contributed by atoms with Crippen molar-refractivity contribution < 1.29 is 0 Å². The zero-order valence-electron chi connectivity index (χ0n) is 13.7. The van der Waals surface area contributed by atoms with E-state index in [0.29, 0.717) is 5.56 Å². The lowest BCUT2D eigenvalue weighted by Crippen LogP contribution is -2.07. The number of benzene rings is 2. The first-order chi connectivity index (χ1) is 11.7. The summed E-state index contributed by atoms with van der Waals surface area (Å²) >= 11 is 0. The Kier molecular flexibility index (Phi) is 4.59. The van der Waals surface area contributed by atoms with E-state index >= 15 is 0 Å². The number of allylic oxidation sites excluding steroid dienone is 4. The van der Waals surface area contributed by atoms with Gasteiger partial charge < -0.3 is 0 Å². The first-order valence-electron chi connectivity index (χ1n) is 8.07. The molecule has 1 aliphatic rings. The molecule has 2 aromatic rings. The second kappa shape index (κ2) is 6.99. The Balaban J connectivity index is 2.06. The third-order valence-corrected chi connectivity index (χ3v) is 4.48. The largest absolute Gasteiger partial charge is 0.193 e. The molecule has 0 saturated heterocycles. The molecule has 0 bridgehead atoms. The monoisotopic (exact) mass is 310 g/mol. The van der Waals surface area contributed by atoms with E-state index < -0.39 is 0 Å². The quantitative estimate of drug-likeness (QED) is 0.785. The molecule has 1 aliphatic carbocycles. The van der Waals surface area contributed by atoms with Crippen LogP contribution in [0.4, 0.5) is 0 Å². The molecular formula is C22H18N2. The van der Waals surface area contributed by atoms with E-state index in [-0.39, 0.29) is 5.92 Å². The molecule has 0 saturated carbocycles. The molecule has 0 N–H and O–H groups in total. The third kappa shape index (κ3) is 3.29. The number of aryl methyl sites for hydroxylation is 1. The van der Waals surface area contributed by atoms with Crippen molar-refractivity contribution in [3.05, 3.63) is 94.1 Å². The maximum absolute atomic E-state index is 9.06. The van der Waals surface area contributed by atoms with Gasteiger partial charge in [0, 0.05) is 11.5 Å². The summed E-state index contributed by atoms with van der Waals surface area (Å²) in [6, 6.07) is 20.8. The predicted molar refractivity (Wildman–Crippen MR) is 95.2 cm³/mol.